The fourth-order valence-electron chi connectivity index (χ4n) is 2.70. The van der Waals surface area contributed by atoms with Crippen molar-refractivity contribution < 1.29 is 19.4 Å². The van der Waals surface area contributed by atoms with Crippen LogP contribution in [0.2, 0.25) is 10.0 Å². The molecule has 0 atom stereocenters. The smallest absolute Gasteiger partial charge is 0.330 e. The first-order chi connectivity index (χ1) is 12.5. The van der Waals surface area contributed by atoms with Gasteiger partial charge in [-0.1, -0.05) is 35.3 Å². The summed E-state index contributed by atoms with van der Waals surface area (Å²) in [5.74, 6) is -1.50. The summed E-state index contributed by atoms with van der Waals surface area (Å²) in [5.41, 5.74) is 1.86. The van der Waals surface area contributed by atoms with Crippen molar-refractivity contribution in [3.05, 3.63) is 64.3 Å². The fraction of sp³-hybridized carbons (Fsp3) is 0. The van der Waals surface area contributed by atoms with Gasteiger partial charge in [-0.25, -0.2) is 0 Å². The number of aromatic nitrogens is 1. The highest BCUT2D eigenvalue weighted by molar-refractivity contribution is 7.38. The van der Waals surface area contributed by atoms with E-state index in [-0.39, 0.29) is 5.69 Å². The molecule has 0 saturated heterocycles. The van der Waals surface area contributed by atoms with E-state index in [1.807, 2.05) is 12.1 Å². The predicted molar refractivity (Wildman–Crippen MR) is 101 cm³/mol. The molecule has 0 aliphatic rings. The number of carboxylic acids is 1. The lowest BCUT2D eigenvalue weighted by molar-refractivity contribution is -0.500. The molecule has 1 radical (unpaired) electrons. The Kier molecular flexibility index (Phi) is 4.36. The van der Waals surface area contributed by atoms with E-state index in [9.17, 15) is 15.0 Å². The van der Waals surface area contributed by atoms with Crippen LogP contribution in [0.3, 0.4) is 0 Å². The molecule has 0 aliphatic carbocycles. The summed E-state index contributed by atoms with van der Waals surface area (Å²) in [5, 5.41) is 24.3. The van der Waals surface area contributed by atoms with Crippen molar-refractivity contribution in [2.45, 2.75) is 0 Å². The molecule has 0 bridgehead atoms. The number of thiazole rings is 2. The zero-order valence-corrected chi connectivity index (χ0v) is 16.0. The molecule has 0 saturated carbocycles. The second kappa shape index (κ2) is 6.55. The highest BCUT2D eigenvalue weighted by Gasteiger charge is 2.33. The lowest BCUT2D eigenvalue weighted by atomic mass is 10.1. The van der Waals surface area contributed by atoms with E-state index in [0.717, 1.165) is 27.3 Å². The van der Waals surface area contributed by atoms with E-state index in [0.29, 0.717) is 19.9 Å². The molecular formula is C18H8Cl2NO3S2. The minimum Gasteiger partial charge on any atom is -0.539 e. The van der Waals surface area contributed by atoms with Crippen molar-refractivity contribution >= 4 is 56.0 Å². The first kappa shape index (κ1) is 17.3. The average molecular weight is 421 g/mol. The lowest BCUT2D eigenvalue weighted by Crippen LogP contribution is -2.35. The number of carbonyl (C=O) groups excluding carboxylic acids is 1. The molecule has 0 unspecified atom stereocenters. The first-order valence-electron chi connectivity index (χ1n) is 7.37. The van der Waals surface area contributed by atoms with Crippen LogP contribution in [0.1, 0.15) is 10.5 Å². The SMILES string of the molecule is [O]c1sc2sc(-c3ccc(Cl)cc3)c(-c3ccc(Cl)cc3)[n+]2c1C(=O)[O-]. The highest BCUT2D eigenvalue weighted by Crippen LogP contribution is 2.41. The van der Waals surface area contributed by atoms with E-state index >= 15 is 0 Å². The van der Waals surface area contributed by atoms with Crippen molar-refractivity contribution in [2.75, 3.05) is 0 Å². The van der Waals surface area contributed by atoms with Crippen LogP contribution >= 0.6 is 45.9 Å². The number of nitrogens with zero attached hydrogens (tertiary/aromatic N) is 1. The van der Waals surface area contributed by atoms with Crippen LogP contribution < -0.4 is 9.51 Å². The molecule has 0 N–H and O–H groups in total. The summed E-state index contributed by atoms with van der Waals surface area (Å²) < 4.78 is 2.03. The third-order valence-corrected chi connectivity index (χ3v) is 6.56. The van der Waals surface area contributed by atoms with Crippen molar-refractivity contribution in [3.8, 4) is 26.8 Å². The summed E-state index contributed by atoms with van der Waals surface area (Å²) in [6, 6.07) is 14.3. The van der Waals surface area contributed by atoms with Gasteiger partial charge in [-0.05, 0) is 64.6 Å². The Bertz CT molecular complexity index is 1130. The number of carbonyl (C=O) groups is 1. The molecule has 0 amide bonds. The van der Waals surface area contributed by atoms with Crippen molar-refractivity contribution in [3.63, 3.8) is 0 Å². The topological polar surface area (TPSA) is 64.1 Å². The van der Waals surface area contributed by atoms with E-state index in [1.54, 1.807) is 36.4 Å². The van der Waals surface area contributed by atoms with Gasteiger partial charge in [0.25, 0.3) is 5.69 Å². The second-order valence-electron chi connectivity index (χ2n) is 5.42. The molecule has 129 valence electrons. The zero-order chi connectivity index (χ0) is 18.4. The van der Waals surface area contributed by atoms with Crippen LogP contribution in [-0.4, -0.2) is 5.97 Å². The van der Waals surface area contributed by atoms with Crippen LogP contribution in [0, 0.1) is 0 Å². The van der Waals surface area contributed by atoms with Gasteiger partial charge in [0.15, 0.2) is 0 Å². The molecule has 4 nitrogen and oxygen atoms in total. The number of hydrogen-bond donors (Lipinski definition) is 0. The highest BCUT2D eigenvalue weighted by atomic mass is 35.5. The molecule has 0 spiro atoms. The minimum absolute atomic E-state index is 0.369. The fourth-order valence-corrected chi connectivity index (χ4v) is 5.31. The van der Waals surface area contributed by atoms with Gasteiger partial charge >= 0.3 is 9.21 Å². The molecule has 26 heavy (non-hydrogen) atoms. The van der Waals surface area contributed by atoms with Crippen molar-refractivity contribution in [2.24, 2.45) is 0 Å². The van der Waals surface area contributed by atoms with Gasteiger partial charge in [-0.3, -0.25) is 5.11 Å². The summed E-state index contributed by atoms with van der Waals surface area (Å²) in [7, 11) is 0. The molecule has 2 heterocycles. The van der Waals surface area contributed by atoms with Crippen LogP contribution in [-0.2, 0) is 5.11 Å². The van der Waals surface area contributed by atoms with Gasteiger partial charge in [0, 0.05) is 15.6 Å². The number of fused-ring (bicyclic) bond motifs is 1. The van der Waals surface area contributed by atoms with Crippen LogP contribution in [0.4, 0.5) is 0 Å². The third kappa shape index (κ3) is 2.85. The van der Waals surface area contributed by atoms with Gasteiger partial charge < -0.3 is 9.90 Å². The van der Waals surface area contributed by atoms with E-state index in [1.165, 1.54) is 15.7 Å². The number of rotatable bonds is 3. The van der Waals surface area contributed by atoms with Crippen molar-refractivity contribution in [1.29, 1.82) is 0 Å². The molecule has 2 aromatic carbocycles. The Labute approximate surface area is 166 Å². The van der Waals surface area contributed by atoms with Gasteiger partial charge in [0.1, 0.15) is 10.8 Å². The summed E-state index contributed by atoms with van der Waals surface area (Å²) >= 11 is 14.2. The van der Waals surface area contributed by atoms with E-state index in [2.05, 4.69) is 0 Å². The predicted octanol–water partition coefficient (Wildman–Crippen LogP) is 4.70. The Morgan fingerprint density at radius 1 is 0.885 bits per heavy atom. The minimum atomic E-state index is -1.50. The molecule has 0 fully saturated rings. The van der Waals surface area contributed by atoms with Gasteiger partial charge in [0.05, 0.1) is 0 Å². The maximum absolute atomic E-state index is 12.1. The number of benzene rings is 2. The van der Waals surface area contributed by atoms with E-state index < -0.39 is 11.0 Å². The van der Waals surface area contributed by atoms with Crippen LogP contribution in [0.15, 0.2) is 48.5 Å². The number of hydrogen-bond acceptors (Lipinski definition) is 4. The largest absolute Gasteiger partial charge is 0.539 e. The van der Waals surface area contributed by atoms with Gasteiger partial charge in [0.2, 0.25) is 5.69 Å². The Balaban J connectivity index is 2.09. The van der Waals surface area contributed by atoms with Crippen LogP contribution in [0.25, 0.3) is 25.8 Å². The lowest BCUT2D eigenvalue weighted by Gasteiger charge is -2.02. The summed E-state index contributed by atoms with van der Waals surface area (Å²) in [4.78, 5) is 12.4. The Morgan fingerprint density at radius 3 is 1.96 bits per heavy atom. The molecule has 8 heteroatoms. The molecule has 2 aromatic heterocycles. The van der Waals surface area contributed by atoms with Crippen LogP contribution in [0.5, 0.6) is 5.06 Å². The van der Waals surface area contributed by atoms with Gasteiger partial charge in [-0.2, -0.15) is 0 Å². The third-order valence-electron chi connectivity index (χ3n) is 3.83. The van der Waals surface area contributed by atoms with Crippen molar-refractivity contribution in [1.82, 2.24) is 0 Å². The molecule has 4 aromatic rings. The first-order valence-corrected chi connectivity index (χ1v) is 9.76. The number of aromatic carboxylic acids is 1. The van der Waals surface area contributed by atoms with E-state index in [4.69, 9.17) is 23.2 Å². The quantitative estimate of drug-likeness (QED) is 0.451. The Hall–Kier alpha value is -2.12. The average Bonchev–Trinajstić information content (AvgIpc) is 3.10. The Morgan fingerprint density at radius 2 is 1.42 bits per heavy atom. The molecular weight excluding hydrogens is 413 g/mol. The maximum Gasteiger partial charge on any atom is 0.330 e. The molecule has 0 aliphatic heterocycles. The second-order valence-corrected chi connectivity index (χ2v) is 8.51. The summed E-state index contributed by atoms with van der Waals surface area (Å²) in [6.07, 6.45) is 0. The standard InChI is InChI=1S/C18H8Cl2NO3S2/c19-11-5-1-9(2-6-11)13-15(10-3-7-12(20)8-4-10)25-18-21(13)14(16(22)23)17(24)26-18/h1-8H. The number of halogens is 2. The molecule has 4 rings (SSSR count). The monoisotopic (exact) mass is 420 g/mol. The maximum atomic E-state index is 12.1. The normalized spacial score (nSPS) is 11.2. The summed E-state index contributed by atoms with van der Waals surface area (Å²) in [6.45, 7) is 0. The van der Waals surface area contributed by atoms with Gasteiger partial charge in [-0.15, -0.1) is 4.40 Å². The zero-order valence-electron chi connectivity index (χ0n) is 12.9. The number of carboxylic acid groups (broad SMARTS) is 1.